The van der Waals surface area contributed by atoms with Gasteiger partial charge in [-0.05, 0) is 30.6 Å². The molecule has 0 radical (unpaired) electrons. The predicted molar refractivity (Wildman–Crippen MR) is 49.0 cm³/mol. The van der Waals surface area contributed by atoms with Crippen molar-refractivity contribution in [3.8, 4) is 0 Å². The molecule has 0 bridgehead atoms. The molecule has 1 heterocycles. The minimum atomic E-state index is 0.0992. The first-order valence-electron chi connectivity index (χ1n) is 4.83. The number of aliphatic hydroxyl groups excluding tert-OH is 1. The second-order valence-electron chi connectivity index (χ2n) is 4.58. The molecule has 0 aromatic carbocycles. The molecule has 0 amide bonds. The minimum Gasteiger partial charge on any atom is -0.396 e. The lowest BCUT2D eigenvalue weighted by molar-refractivity contribution is 0.0403. The second-order valence-corrected chi connectivity index (χ2v) is 4.58. The summed E-state index contributed by atoms with van der Waals surface area (Å²) in [7, 11) is 0. The highest BCUT2D eigenvalue weighted by molar-refractivity contribution is 4.74. The number of aliphatic hydroxyl groups is 1. The third-order valence-corrected chi connectivity index (χ3v) is 2.61. The Morgan fingerprint density at radius 2 is 1.92 bits per heavy atom. The maximum absolute atomic E-state index is 9.09. The van der Waals surface area contributed by atoms with Crippen LogP contribution in [0.3, 0.4) is 0 Å². The van der Waals surface area contributed by atoms with E-state index in [-0.39, 0.29) is 5.41 Å². The van der Waals surface area contributed by atoms with Crippen molar-refractivity contribution >= 4 is 0 Å². The summed E-state index contributed by atoms with van der Waals surface area (Å²) >= 11 is 0. The van der Waals surface area contributed by atoms with E-state index in [0.29, 0.717) is 6.61 Å². The number of ether oxygens (including phenoxy) is 1. The zero-order valence-electron chi connectivity index (χ0n) is 8.18. The molecule has 1 aliphatic rings. The second kappa shape index (κ2) is 4.24. The lowest BCUT2D eigenvalue weighted by Crippen LogP contribution is -2.25. The van der Waals surface area contributed by atoms with E-state index < -0.39 is 0 Å². The van der Waals surface area contributed by atoms with Crippen LogP contribution >= 0.6 is 0 Å². The van der Waals surface area contributed by atoms with Crippen LogP contribution in [-0.4, -0.2) is 24.9 Å². The predicted octanol–water partition coefficient (Wildman–Crippen LogP) is 1.82. The van der Waals surface area contributed by atoms with Gasteiger partial charge in [-0.2, -0.15) is 0 Å². The average Bonchev–Trinajstić information content (AvgIpc) is 2.06. The van der Waals surface area contributed by atoms with E-state index in [9.17, 15) is 0 Å². The normalized spacial score (nSPS) is 21.2. The summed E-state index contributed by atoms with van der Waals surface area (Å²) in [5, 5.41) is 9.09. The molecule has 0 atom stereocenters. The summed E-state index contributed by atoms with van der Waals surface area (Å²) in [6, 6.07) is 0. The first kappa shape index (κ1) is 10.0. The van der Waals surface area contributed by atoms with Crippen molar-refractivity contribution in [2.24, 2.45) is 11.3 Å². The van der Waals surface area contributed by atoms with E-state index in [1.165, 1.54) is 12.8 Å². The fourth-order valence-electron chi connectivity index (χ4n) is 1.80. The van der Waals surface area contributed by atoms with E-state index in [1.54, 1.807) is 0 Å². The quantitative estimate of drug-likeness (QED) is 0.703. The molecule has 0 aromatic heterocycles. The van der Waals surface area contributed by atoms with Crippen LogP contribution in [0.1, 0.15) is 33.1 Å². The van der Waals surface area contributed by atoms with E-state index in [0.717, 1.165) is 25.6 Å². The van der Waals surface area contributed by atoms with Crippen molar-refractivity contribution in [2.45, 2.75) is 33.1 Å². The minimum absolute atomic E-state index is 0.0992. The van der Waals surface area contributed by atoms with Crippen LogP contribution in [0.5, 0.6) is 0 Å². The molecule has 12 heavy (non-hydrogen) atoms. The maximum Gasteiger partial charge on any atom is 0.0482 e. The summed E-state index contributed by atoms with van der Waals surface area (Å²) in [5.41, 5.74) is 0.0992. The monoisotopic (exact) mass is 172 g/mol. The molecule has 0 aromatic rings. The van der Waals surface area contributed by atoms with Crippen LogP contribution in [0.25, 0.3) is 0 Å². The third-order valence-electron chi connectivity index (χ3n) is 2.61. The van der Waals surface area contributed by atoms with Crippen molar-refractivity contribution in [1.29, 1.82) is 0 Å². The van der Waals surface area contributed by atoms with Crippen LogP contribution in [-0.2, 0) is 4.74 Å². The van der Waals surface area contributed by atoms with Gasteiger partial charge in [0.15, 0.2) is 0 Å². The van der Waals surface area contributed by atoms with Crippen molar-refractivity contribution < 1.29 is 9.84 Å². The van der Waals surface area contributed by atoms with Crippen LogP contribution < -0.4 is 0 Å². The topological polar surface area (TPSA) is 29.5 Å². The molecule has 1 fully saturated rings. The Labute approximate surface area is 74.9 Å². The Balaban J connectivity index is 2.28. The molecule has 2 heteroatoms. The van der Waals surface area contributed by atoms with Crippen LogP contribution in [0, 0.1) is 11.3 Å². The summed E-state index contributed by atoms with van der Waals surface area (Å²) in [6.45, 7) is 6.37. The Morgan fingerprint density at radius 3 is 2.42 bits per heavy atom. The van der Waals surface area contributed by atoms with Gasteiger partial charge < -0.3 is 9.84 Å². The van der Waals surface area contributed by atoms with Gasteiger partial charge in [-0.25, -0.2) is 0 Å². The lowest BCUT2D eigenvalue weighted by atomic mass is 9.80. The Kier molecular flexibility index (Phi) is 3.53. The molecule has 0 unspecified atom stereocenters. The van der Waals surface area contributed by atoms with Crippen molar-refractivity contribution in [2.75, 3.05) is 19.8 Å². The first-order valence-corrected chi connectivity index (χ1v) is 4.83. The molecule has 1 aliphatic heterocycles. The Bertz CT molecular complexity index is 126. The van der Waals surface area contributed by atoms with E-state index >= 15 is 0 Å². The van der Waals surface area contributed by atoms with Crippen LogP contribution in [0.4, 0.5) is 0 Å². The first-order chi connectivity index (χ1) is 5.64. The van der Waals surface area contributed by atoms with Gasteiger partial charge in [-0.3, -0.25) is 0 Å². The zero-order valence-corrected chi connectivity index (χ0v) is 8.18. The number of rotatable bonds is 3. The molecule has 1 N–H and O–H groups in total. The maximum atomic E-state index is 9.09. The molecule has 0 saturated carbocycles. The zero-order chi connectivity index (χ0) is 9.03. The van der Waals surface area contributed by atoms with Gasteiger partial charge in [0.2, 0.25) is 0 Å². The van der Waals surface area contributed by atoms with Gasteiger partial charge in [0.05, 0.1) is 0 Å². The number of hydrogen-bond donors (Lipinski definition) is 1. The molecule has 0 spiro atoms. The van der Waals surface area contributed by atoms with Gasteiger partial charge in [0.1, 0.15) is 0 Å². The van der Waals surface area contributed by atoms with Crippen molar-refractivity contribution in [3.63, 3.8) is 0 Å². The average molecular weight is 172 g/mol. The smallest absolute Gasteiger partial charge is 0.0482 e. The van der Waals surface area contributed by atoms with Crippen LogP contribution in [0.2, 0.25) is 0 Å². The fourth-order valence-corrected chi connectivity index (χ4v) is 1.80. The molecule has 1 saturated heterocycles. The van der Waals surface area contributed by atoms with Gasteiger partial charge >= 0.3 is 0 Å². The van der Waals surface area contributed by atoms with E-state index in [2.05, 4.69) is 13.8 Å². The number of hydrogen-bond acceptors (Lipinski definition) is 2. The van der Waals surface area contributed by atoms with Gasteiger partial charge in [0.25, 0.3) is 0 Å². The summed E-state index contributed by atoms with van der Waals surface area (Å²) in [6.07, 6.45) is 3.47. The summed E-state index contributed by atoms with van der Waals surface area (Å²) < 4.78 is 5.29. The highest BCUT2D eigenvalue weighted by Gasteiger charge is 2.23. The third kappa shape index (κ3) is 3.11. The fraction of sp³-hybridized carbons (Fsp3) is 1.00. The van der Waals surface area contributed by atoms with Crippen molar-refractivity contribution in [3.05, 3.63) is 0 Å². The van der Waals surface area contributed by atoms with E-state index in [4.69, 9.17) is 9.84 Å². The summed E-state index contributed by atoms with van der Waals surface area (Å²) in [5.74, 6) is 0.765. The van der Waals surface area contributed by atoms with E-state index in [1.807, 2.05) is 0 Å². The highest BCUT2D eigenvalue weighted by atomic mass is 16.5. The van der Waals surface area contributed by atoms with Crippen LogP contribution in [0.15, 0.2) is 0 Å². The molecule has 72 valence electrons. The molecular formula is C10H20O2. The molecule has 2 nitrogen and oxygen atoms in total. The largest absolute Gasteiger partial charge is 0.396 e. The van der Waals surface area contributed by atoms with Gasteiger partial charge in [0, 0.05) is 19.8 Å². The Morgan fingerprint density at radius 1 is 1.33 bits per heavy atom. The van der Waals surface area contributed by atoms with Gasteiger partial charge in [-0.15, -0.1) is 0 Å². The molecule has 0 aliphatic carbocycles. The SMILES string of the molecule is CC(C)(CO)CC1CCOCC1. The standard InChI is InChI=1S/C10H20O2/c1-10(2,8-11)7-9-3-5-12-6-4-9/h9,11H,3-8H2,1-2H3. The molecular weight excluding hydrogens is 152 g/mol. The summed E-state index contributed by atoms with van der Waals surface area (Å²) in [4.78, 5) is 0. The highest BCUT2D eigenvalue weighted by Crippen LogP contribution is 2.30. The lowest BCUT2D eigenvalue weighted by Gasteiger charge is -2.30. The molecule has 1 rings (SSSR count). The van der Waals surface area contributed by atoms with Gasteiger partial charge in [-0.1, -0.05) is 13.8 Å². The Hall–Kier alpha value is -0.0800. The van der Waals surface area contributed by atoms with Crippen molar-refractivity contribution in [1.82, 2.24) is 0 Å².